The highest BCUT2D eigenvalue weighted by Gasteiger charge is 2.19. The molecule has 0 N–H and O–H groups in total. The minimum atomic E-state index is -0.689. The second-order valence-electron chi connectivity index (χ2n) is 4.96. The molecule has 0 spiro atoms. The first kappa shape index (κ1) is 16.1. The lowest BCUT2D eigenvalue weighted by Crippen LogP contribution is -2.17. The van der Waals surface area contributed by atoms with Crippen molar-refractivity contribution in [2.24, 2.45) is 0 Å². The van der Waals surface area contributed by atoms with Gasteiger partial charge in [-0.05, 0) is 45.9 Å². The third-order valence-electron chi connectivity index (χ3n) is 3.58. The summed E-state index contributed by atoms with van der Waals surface area (Å²) in [5.41, 5.74) is 1.79. The quantitative estimate of drug-likeness (QED) is 0.599. The van der Waals surface area contributed by atoms with Crippen molar-refractivity contribution in [2.45, 2.75) is 13.3 Å². The smallest absolute Gasteiger partial charge is 0.199 e. The lowest BCUT2D eigenvalue weighted by molar-refractivity contribution is 0.585. The average Bonchev–Trinajstić information content (AvgIpc) is 3.04. The van der Waals surface area contributed by atoms with Gasteiger partial charge in [0.2, 0.25) is 0 Å². The Kier molecular flexibility index (Phi) is 4.46. The zero-order valence-electron chi connectivity index (χ0n) is 12.1. The molecule has 2 heterocycles. The maximum absolute atomic E-state index is 14.3. The number of benzene rings is 1. The van der Waals surface area contributed by atoms with Crippen molar-refractivity contribution < 1.29 is 8.78 Å². The van der Waals surface area contributed by atoms with E-state index in [4.69, 9.17) is 0 Å². The topological polar surface area (TPSA) is 22.0 Å². The number of rotatable bonds is 3. The van der Waals surface area contributed by atoms with Gasteiger partial charge in [-0.25, -0.2) is 8.78 Å². The largest absolute Gasteiger partial charge is 0.314 e. The van der Waals surface area contributed by atoms with E-state index in [-0.39, 0.29) is 11.0 Å². The molecule has 3 aromatic rings. The predicted octanol–water partition coefficient (Wildman–Crippen LogP) is 5.17. The van der Waals surface area contributed by atoms with Crippen LogP contribution < -0.4 is 5.43 Å². The molecule has 0 atom stereocenters. The molecule has 3 rings (SSSR count). The van der Waals surface area contributed by atoms with Gasteiger partial charge in [0.25, 0.3) is 0 Å². The third kappa shape index (κ3) is 2.88. The summed E-state index contributed by atoms with van der Waals surface area (Å²) >= 11 is 4.78. The van der Waals surface area contributed by atoms with Crippen LogP contribution in [-0.4, -0.2) is 4.57 Å². The van der Waals surface area contributed by atoms with Crippen molar-refractivity contribution in [1.82, 2.24) is 4.57 Å². The van der Waals surface area contributed by atoms with E-state index in [1.165, 1.54) is 23.5 Å². The van der Waals surface area contributed by atoms with E-state index in [2.05, 4.69) is 15.9 Å². The van der Waals surface area contributed by atoms with Gasteiger partial charge in [-0.3, -0.25) is 4.79 Å². The number of aromatic nitrogens is 1. The van der Waals surface area contributed by atoms with Gasteiger partial charge < -0.3 is 4.57 Å². The van der Waals surface area contributed by atoms with Gasteiger partial charge in [0.05, 0.1) is 15.9 Å². The number of halogens is 3. The minimum Gasteiger partial charge on any atom is -0.314 e. The van der Waals surface area contributed by atoms with E-state index >= 15 is 0 Å². The van der Waals surface area contributed by atoms with E-state index in [9.17, 15) is 13.6 Å². The molecular formula is C17H12BrF2NOS. The molecule has 0 radical (unpaired) electrons. The van der Waals surface area contributed by atoms with E-state index in [0.29, 0.717) is 22.2 Å². The van der Waals surface area contributed by atoms with Gasteiger partial charge in [0, 0.05) is 28.8 Å². The highest BCUT2D eigenvalue weighted by molar-refractivity contribution is 9.10. The molecule has 0 amide bonds. The van der Waals surface area contributed by atoms with Crippen molar-refractivity contribution in [3.05, 3.63) is 73.1 Å². The van der Waals surface area contributed by atoms with Gasteiger partial charge in [-0.2, -0.15) is 11.3 Å². The monoisotopic (exact) mass is 395 g/mol. The molecule has 23 heavy (non-hydrogen) atoms. The summed E-state index contributed by atoms with van der Waals surface area (Å²) in [5.74, 6) is -1.34. The summed E-state index contributed by atoms with van der Waals surface area (Å²) in [6.07, 6.45) is 2.07. The summed E-state index contributed by atoms with van der Waals surface area (Å²) in [6.45, 7) is 1.84. The van der Waals surface area contributed by atoms with Crippen molar-refractivity contribution >= 4 is 27.3 Å². The van der Waals surface area contributed by atoms with E-state index in [1.54, 1.807) is 10.8 Å². The number of pyridine rings is 1. The van der Waals surface area contributed by atoms with E-state index < -0.39 is 11.6 Å². The lowest BCUT2D eigenvalue weighted by atomic mass is 10.0. The predicted molar refractivity (Wildman–Crippen MR) is 92.3 cm³/mol. The summed E-state index contributed by atoms with van der Waals surface area (Å²) < 4.78 is 29.8. The van der Waals surface area contributed by atoms with Gasteiger partial charge >= 0.3 is 0 Å². The van der Waals surface area contributed by atoms with Crippen LogP contribution in [0.2, 0.25) is 0 Å². The molecule has 2 nitrogen and oxygen atoms in total. The minimum absolute atomic E-state index is 0.183. The first-order valence-corrected chi connectivity index (χ1v) is 8.68. The zero-order valence-corrected chi connectivity index (χ0v) is 14.5. The molecule has 6 heteroatoms. The van der Waals surface area contributed by atoms with Crippen LogP contribution in [0.4, 0.5) is 8.78 Å². The van der Waals surface area contributed by atoms with Crippen LogP contribution in [-0.2, 0) is 6.42 Å². The second kappa shape index (κ2) is 6.37. The maximum Gasteiger partial charge on any atom is 0.199 e. The Balaban J connectivity index is 2.42. The van der Waals surface area contributed by atoms with E-state index in [1.807, 2.05) is 23.8 Å². The first-order valence-electron chi connectivity index (χ1n) is 6.95. The summed E-state index contributed by atoms with van der Waals surface area (Å²) in [5, 5.41) is 3.80. The molecule has 0 aliphatic carbocycles. The normalized spacial score (nSPS) is 11.0. The van der Waals surface area contributed by atoms with Gasteiger partial charge in [-0.15, -0.1) is 0 Å². The Morgan fingerprint density at radius 3 is 2.65 bits per heavy atom. The number of hydrogen-bond donors (Lipinski definition) is 0. The molecule has 0 unspecified atom stereocenters. The van der Waals surface area contributed by atoms with Crippen molar-refractivity contribution in [2.75, 3.05) is 0 Å². The fourth-order valence-electron chi connectivity index (χ4n) is 2.53. The van der Waals surface area contributed by atoms with Crippen LogP contribution in [0, 0.1) is 11.6 Å². The molecule has 0 saturated heterocycles. The molecule has 1 aromatic carbocycles. The SMILES string of the molecule is CCc1c(-c2ccc(F)cc2F)n(-c2ccsc2)cc(Br)c1=O. The van der Waals surface area contributed by atoms with Crippen LogP contribution in [0.25, 0.3) is 16.9 Å². The molecule has 118 valence electrons. The first-order chi connectivity index (χ1) is 11.0. The molecular weight excluding hydrogens is 384 g/mol. The van der Waals surface area contributed by atoms with Gasteiger partial charge in [-0.1, -0.05) is 6.92 Å². The lowest BCUT2D eigenvalue weighted by Gasteiger charge is -2.17. The Morgan fingerprint density at radius 2 is 2.04 bits per heavy atom. The Bertz CT molecular complexity index is 919. The molecule has 0 fully saturated rings. The summed E-state index contributed by atoms with van der Waals surface area (Å²) in [7, 11) is 0. The summed E-state index contributed by atoms with van der Waals surface area (Å²) in [4.78, 5) is 12.4. The van der Waals surface area contributed by atoms with Crippen LogP contribution in [0.3, 0.4) is 0 Å². The molecule has 0 aliphatic rings. The van der Waals surface area contributed by atoms with Crippen molar-refractivity contribution in [3.63, 3.8) is 0 Å². The van der Waals surface area contributed by atoms with Gasteiger partial charge in [0.1, 0.15) is 11.6 Å². The second-order valence-corrected chi connectivity index (χ2v) is 6.60. The number of hydrogen-bond acceptors (Lipinski definition) is 2. The van der Waals surface area contributed by atoms with Crippen LogP contribution in [0.15, 0.2) is 50.5 Å². The molecule has 2 aromatic heterocycles. The number of thiophene rings is 1. The van der Waals surface area contributed by atoms with Gasteiger partial charge in [0.15, 0.2) is 5.43 Å². The highest BCUT2D eigenvalue weighted by atomic mass is 79.9. The maximum atomic E-state index is 14.3. The fraction of sp³-hybridized carbons (Fsp3) is 0.118. The van der Waals surface area contributed by atoms with Crippen LogP contribution in [0.1, 0.15) is 12.5 Å². The Labute approximate surface area is 144 Å². The summed E-state index contributed by atoms with van der Waals surface area (Å²) in [6, 6.07) is 5.28. The third-order valence-corrected chi connectivity index (χ3v) is 4.82. The molecule has 0 saturated carbocycles. The zero-order chi connectivity index (χ0) is 16.6. The van der Waals surface area contributed by atoms with E-state index in [0.717, 1.165) is 11.8 Å². The fourth-order valence-corrected chi connectivity index (χ4v) is 3.61. The molecule has 0 aliphatic heterocycles. The van der Waals surface area contributed by atoms with Crippen molar-refractivity contribution in [3.8, 4) is 16.9 Å². The molecule has 0 bridgehead atoms. The Hall–Kier alpha value is -1.79. The average molecular weight is 396 g/mol. The van der Waals surface area contributed by atoms with Crippen LogP contribution >= 0.6 is 27.3 Å². The number of nitrogens with zero attached hydrogens (tertiary/aromatic N) is 1. The van der Waals surface area contributed by atoms with Crippen molar-refractivity contribution in [1.29, 1.82) is 0 Å². The van der Waals surface area contributed by atoms with Crippen LogP contribution in [0.5, 0.6) is 0 Å². The highest BCUT2D eigenvalue weighted by Crippen LogP contribution is 2.30. The standard InChI is InChI=1S/C17H12BrF2NOS/c1-2-12-16(13-4-3-10(19)7-15(13)20)21(8-14(18)17(12)22)11-5-6-23-9-11/h3-9H,2H2,1H3. The Morgan fingerprint density at radius 1 is 1.26 bits per heavy atom.